The second-order valence-electron chi connectivity index (χ2n) is 7.09. The highest BCUT2D eigenvalue weighted by molar-refractivity contribution is 7.14. The number of rotatable bonds is 5. The van der Waals surface area contributed by atoms with E-state index in [-0.39, 0.29) is 30.5 Å². The Bertz CT molecular complexity index is 1110. The molecule has 1 fully saturated rings. The second-order valence-corrected chi connectivity index (χ2v) is 7.95. The second kappa shape index (κ2) is 8.23. The third kappa shape index (κ3) is 3.91. The van der Waals surface area contributed by atoms with Gasteiger partial charge in [0.1, 0.15) is 11.6 Å². The van der Waals surface area contributed by atoms with E-state index in [9.17, 15) is 14.0 Å². The van der Waals surface area contributed by atoms with Crippen molar-refractivity contribution in [1.29, 1.82) is 0 Å². The number of nitrogens with one attached hydrogen (secondary N) is 1. The first kappa shape index (κ1) is 20.0. The highest BCUT2D eigenvalue weighted by atomic mass is 32.1. The number of benzene rings is 2. The zero-order valence-corrected chi connectivity index (χ0v) is 17.3. The van der Waals surface area contributed by atoms with E-state index in [1.807, 2.05) is 29.6 Å². The van der Waals surface area contributed by atoms with Gasteiger partial charge in [0.05, 0.1) is 24.4 Å². The monoisotopic (exact) mass is 425 g/mol. The number of aromatic nitrogens is 1. The number of nitrogens with zero attached hydrogens (tertiary/aromatic N) is 2. The third-order valence-corrected chi connectivity index (χ3v) is 5.76. The molecule has 0 bridgehead atoms. The number of anilines is 2. The molecule has 0 radical (unpaired) electrons. The Morgan fingerprint density at radius 2 is 2.10 bits per heavy atom. The Morgan fingerprint density at radius 3 is 2.87 bits per heavy atom. The van der Waals surface area contributed by atoms with Gasteiger partial charge in [-0.05, 0) is 36.8 Å². The molecule has 3 aromatic rings. The maximum absolute atomic E-state index is 14.3. The Hall–Kier alpha value is -3.26. The predicted octanol–water partition coefficient (Wildman–Crippen LogP) is 4.26. The molecule has 2 aromatic carbocycles. The SMILES string of the molecule is COc1ccccc1-c1csc(NC(=O)C2CC(=O)N(c3ccc(C)cc3F)C2)n1. The van der Waals surface area contributed by atoms with E-state index in [4.69, 9.17) is 4.74 Å². The summed E-state index contributed by atoms with van der Waals surface area (Å²) < 4.78 is 19.6. The molecule has 4 rings (SSSR count). The van der Waals surface area contributed by atoms with Crippen LogP contribution >= 0.6 is 11.3 Å². The van der Waals surface area contributed by atoms with Crippen molar-refractivity contribution in [3.8, 4) is 17.0 Å². The van der Waals surface area contributed by atoms with Crippen LogP contribution in [-0.2, 0) is 9.59 Å². The molecule has 154 valence electrons. The quantitative estimate of drug-likeness (QED) is 0.663. The van der Waals surface area contributed by atoms with Crippen molar-refractivity contribution in [3.63, 3.8) is 0 Å². The number of para-hydroxylation sites is 1. The summed E-state index contributed by atoms with van der Waals surface area (Å²) in [6.45, 7) is 1.91. The summed E-state index contributed by atoms with van der Waals surface area (Å²) in [5, 5.41) is 5.06. The summed E-state index contributed by atoms with van der Waals surface area (Å²) in [6, 6.07) is 12.2. The molecule has 1 saturated heterocycles. The van der Waals surface area contributed by atoms with Gasteiger partial charge in [-0.25, -0.2) is 9.37 Å². The molecule has 30 heavy (non-hydrogen) atoms. The van der Waals surface area contributed by atoms with Crippen LogP contribution in [0.15, 0.2) is 47.8 Å². The number of carbonyl (C=O) groups is 2. The zero-order chi connectivity index (χ0) is 21.3. The number of hydrogen-bond donors (Lipinski definition) is 1. The highest BCUT2D eigenvalue weighted by Crippen LogP contribution is 2.33. The lowest BCUT2D eigenvalue weighted by atomic mass is 10.1. The lowest BCUT2D eigenvalue weighted by Crippen LogP contribution is -2.28. The Labute approximate surface area is 177 Å². The summed E-state index contributed by atoms with van der Waals surface area (Å²) in [6.07, 6.45) is 0.0316. The van der Waals surface area contributed by atoms with Gasteiger partial charge in [-0.3, -0.25) is 9.59 Å². The van der Waals surface area contributed by atoms with Crippen LogP contribution in [0.25, 0.3) is 11.3 Å². The van der Waals surface area contributed by atoms with E-state index < -0.39 is 11.7 Å². The number of hydrogen-bond acceptors (Lipinski definition) is 5. The summed E-state index contributed by atoms with van der Waals surface area (Å²) in [5.74, 6) is -0.925. The number of thiazole rings is 1. The van der Waals surface area contributed by atoms with E-state index in [0.717, 1.165) is 11.1 Å². The van der Waals surface area contributed by atoms with Crippen molar-refractivity contribution in [2.24, 2.45) is 5.92 Å². The number of methoxy groups -OCH3 is 1. The average molecular weight is 425 g/mol. The summed E-state index contributed by atoms with van der Waals surface area (Å²) in [7, 11) is 1.59. The van der Waals surface area contributed by atoms with Crippen molar-refractivity contribution >= 4 is 34.0 Å². The third-order valence-electron chi connectivity index (χ3n) is 5.01. The van der Waals surface area contributed by atoms with Gasteiger partial charge in [0.25, 0.3) is 0 Å². The first-order chi connectivity index (χ1) is 14.5. The first-order valence-electron chi connectivity index (χ1n) is 9.42. The van der Waals surface area contributed by atoms with Crippen LogP contribution in [0.3, 0.4) is 0 Å². The van der Waals surface area contributed by atoms with Crippen molar-refractivity contribution in [2.75, 3.05) is 23.9 Å². The van der Waals surface area contributed by atoms with E-state index >= 15 is 0 Å². The molecule has 1 unspecified atom stereocenters. The molecule has 1 N–H and O–H groups in total. The highest BCUT2D eigenvalue weighted by Gasteiger charge is 2.36. The van der Waals surface area contributed by atoms with E-state index in [0.29, 0.717) is 16.6 Å². The smallest absolute Gasteiger partial charge is 0.231 e. The molecule has 6 nitrogen and oxygen atoms in total. The molecule has 8 heteroatoms. The molecular formula is C22H20FN3O3S. The normalized spacial score (nSPS) is 16.0. The maximum atomic E-state index is 14.3. The average Bonchev–Trinajstić information content (AvgIpc) is 3.35. The number of halogens is 1. The molecule has 1 aliphatic heterocycles. The maximum Gasteiger partial charge on any atom is 0.231 e. The summed E-state index contributed by atoms with van der Waals surface area (Å²) in [4.78, 5) is 30.9. The minimum Gasteiger partial charge on any atom is -0.496 e. The summed E-state index contributed by atoms with van der Waals surface area (Å²) in [5.41, 5.74) is 2.49. The molecule has 1 aliphatic rings. The standard InChI is InChI=1S/C22H20FN3O3S/c1-13-7-8-18(16(23)9-13)26-11-14(10-20(26)27)21(28)25-22-24-17(12-30-22)15-5-3-4-6-19(15)29-2/h3-9,12,14H,10-11H2,1-2H3,(H,24,25,28). The van der Waals surface area contributed by atoms with Crippen LogP contribution in [0, 0.1) is 18.7 Å². The molecule has 1 atom stereocenters. The van der Waals surface area contributed by atoms with E-state index in [1.165, 1.54) is 22.3 Å². The Balaban J connectivity index is 1.46. The number of amides is 2. The molecule has 0 spiro atoms. The van der Waals surface area contributed by atoms with Crippen LogP contribution in [0.1, 0.15) is 12.0 Å². The van der Waals surface area contributed by atoms with Crippen LogP contribution in [0.4, 0.5) is 15.2 Å². The summed E-state index contributed by atoms with van der Waals surface area (Å²) >= 11 is 1.30. The van der Waals surface area contributed by atoms with Gasteiger partial charge in [-0.1, -0.05) is 18.2 Å². The topological polar surface area (TPSA) is 71.5 Å². The molecule has 2 heterocycles. The number of aryl methyl sites for hydroxylation is 1. The van der Waals surface area contributed by atoms with Crippen LogP contribution in [0.2, 0.25) is 0 Å². The van der Waals surface area contributed by atoms with Crippen molar-refractivity contribution < 1.29 is 18.7 Å². The van der Waals surface area contributed by atoms with Crippen molar-refractivity contribution in [1.82, 2.24) is 4.98 Å². The fraction of sp³-hybridized carbons (Fsp3) is 0.227. The van der Waals surface area contributed by atoms with E-state index in [1.54, 1.807) is 26.2 Å². The fourth-order valence-corrected chi connectivity index (χ4v) is 4.18. The largest absolute Gasteiger partial charge is 0.496 e. The van der Waals surface area contributed by atoms with Gasteiger partial charge in [-0.2, -0.15) is 0 Å². The molecule has 0 aliphatic carbocycles. The fourth-order valence-electron chi connectivity index (χ4n) is 3.47. The number of carbonyl (C=O) groups excluding carboxylic acids is 2. The van der Waals surface area contributed by atoms with Crippen LogP contribution in [-0.4, -0.2) is 30.5 Å². The van der Waals surface area contributed by atoms with Gasteiger partial charge >= 0.3 is 0 Å². The van der Waals surface area contributed by atoms with Gasteiger partial charge in [0.2, 0.25) is 11.8 Å². The predicted molar refractivity (Wildman–Crippen MR) is 114 cm³/mol. The number of ether oxygens (including phenoxy) is 1. The molecule has 0 saturated carbocycles. The van der Waals surface area contributed by atoms with Crippen LogP contribution in [0.5, 0.6) is 5.75 Å². The van der Waals surface area contributed by atoms with Crippen molar-refractivity contribution in [3.05, 3.63) is 59.2 Å². The molecular weight excluding hydrogens is 405 g/mol. The van der Waals surface area contributed by atoms with Gasteiger partial charge in [0.15, 0.2) is 5.13 Å². The van der Waals surface area contributed by atoms with Gasteiger partial charge in [-0.15, -0.1) is 11.3 Å². The van der Waals surface area contributed by atoms with Gasteiger partial charge in [0, 0.05) is 23.9 Å². The van der Waals surface area contributed by atoms with Gasteiger partial charge < -0.3 is 15.0 Å². The zero-order valence-electron chi connectivity index (χ0n) is 16.5. The first-order valence-corrected chi connectivity index (χ1v) is 10.3. The Kier molecular flexibility index (Phi) is 5.50. The molecule has 1 aromatic heterocycles. The minimum atomic E-state index is -0.572. The minimum absolute atomic E-state index is 0.0316. The molecule has 2 amide bonds. The van der Waals surface area contributed by atoms with Crippen LogP contribution < -0.4 is 15.0 Å². The lowest BCUT2D eigenvalue weighted by molar-refractivity contribution is -0.122. The lowest BCUT2D eigenvalue weighted by Gasteiger charge is -2.17. The van der Waals surface area contributed by atoms with Crippen molar-refractivity contribution in [2.45, 2.75) is 13.3 Å². The van der Waals surface area contributed by atoms with E-state index in [2.05, 4.69) is 10.3 Å². The Morgan fingerprint density at radius 1 is 1.30 bits per heavy atom.